The number of aromatic hydroxyl groups is 1. The molecule has 0 atom stereocenters. The average molecular weight is 316 g/mol. The Balaban J connectivity index is 2.58. The van der Waals surface area contributed by atoms with Gasteiger partial charge >= 0.3 is 0 Å². The molecule has 0 aromatic heterocycles. The Bertz CT molecular complexity index is 570. The number of phenols is 1. The van der Waals surface area contributed by atoms with Crippen LogP contribution < -0.4 is 14.8 Å². The molecule has 0 amide bonds. The van der Waals surface area contributed by atoms with E-state index in [4.69, 9.17) is 4.74 Å². The number of benzene rings is 1. The Labute approximate surface area is 126 Å². The van der Waals surface area contributed by atoms with Gasteiger partial charge in [0.05, 0.1) is 12.9 Å². The lowest BCUT2D eigenvalue weighted by Crippen LogP contribution is -2.49. The SMILES string of the molecule is CCOc1cc(CNCC(C)(C)NS(C)(=O)=O)ccc1O. The average Bonchev–Trinajstić information content (AvgIpc) is 2.30. The fourth-order valence-electron chi connectivity index (χ4n) is 2.00. The number of nitrogens with one attached hydrogen (secondary N) is 2. The molecule has 0 spiro atoms. The van der Waals surface area contributed by atoms with Crippen LogP contribution in [0.15, 0.2) is 18.2 Å². The van der Waals surface area contributed by atoms with E-state index in [2.05, 4.69) is 10.0 Å². The van der Waals surface area contributed by atoms with Gasteiger partial charge in [-0.1, -0.05) is 6.07 Å². The molecule has 0 aliphatic rings. The van der Waals surface area contributed by atoms with Crippen molar-refractivity contribution in [1.82, 2.24) is 10.0 Å². The Morgan fingerprint density at radius 3 is 2.57 bits per heavy atom. The van der Waals surface area contributed by atoms with Gasteiger partial charge in [-0.05, 0) is 38.5 Å². The third-order valence-electron chi connectivity index (χ3n) is 2.68. The van der Waals surface area contributed by atoms with Gasteiger partial charge in [0.25, 0.3) is 0 Å². The third-order valence-corrected chi connectivity index (χ3v) is 3.61. The summed E-state index contributed by atoms with van der Waals surface area (Å²) < 4.78 is 30.4. The highest BCUT2D eigenvalue weighted by Gasteiger charge is 2.21. The first-order chi connectivity index (χ1) is 9.63. The lowest BCUT2D eigenvalue weighted by atomic mass is 10.1. The third kappa shape index (κ3) is 6.79. The molecular formula is C14H24N2O4S. The minimum atomic E-state index is -3.24. The van der Waals surface area contributed by atoms with Crippen LogP contribution in [0.25, 0.3) is 0 Å². The zero-order valence-electron chi connectivity index (χ0n) is 12.9. The standard InChI is InChI=1S/C14H24N2O4S/c1-5-20-13-8-11(6-7-12(13)17)9-15-10-14(2,3)16-21(4,18)19/h6-8,15-17H,5,9-10H2,1-4H3. The molecule has 21 heavy (non-hydrogen) atoms. The second-order valence-corrected chi connectivity index (χ2v) is 7.35. The minimum absolute atomic E-state index is 0.111. The van der Waals surface area contributed by atoms with E-state index in [1.807, 2.05) is 20.8 Å². The summed E-state index contributed by atoms with van der Waals surface area (Å²) in [5, 5.41) is 12.8. The van der Waals surface area contributed by atoms with Crippen molar-refractivity contribution in [3.63, 3.8) is 0 Å². The molecule has 3 N–H and O–H groups in total. The minimum Gasteiger partial charge on any atom is -0.504 e. The number of rotatable bonds is 8. The maximum Gasteiger partial charge on any atom is 0.209 e. The molecule has 120 valence electrons. The van der Waals surface area contributed by atoms with Crippen molar-refractivity contribution in [3.05, 3.63) is 23.8 Å². The summed E-state index contributed by atoms with van der Waals surface area (Å²) in [6.45, 7) is 6.98. The van der Waals surface area contributed by atoms with Gasteiger partial charge in [-0.3, -0.25) is 0 Å². The summed E-state index contributed by atoms with van der Waals surface area (Å²) in [6, 6.07) is 5.15. The molecule has 1 aromatic carbocycles. The largest absolute Gasteiger partial charge is 0.504 e. The molecule has 7 heteroatoms. The maximum absolute atomic E-state index is 11.3. The topological polar surface area (TPSA) is 87.7 Å². The van der Waals surface area contributed by atoms with E-state index in [9.17, 15) is 13.5 Å². The quantitative estimate of drug-likeness (QED) is 0.671. The molecule has 0 saturated carbocycles. The van der Waals surface area contributed by atoms with Crippen molar-refractivity contribution in [1.29, 1.82) is 0 Å². The summed E-state index contributed by atoms with van der Waals surface area (Å²) in [7, 11) is -3.24. The van der Waals surface area contributed by atoms with E-state index in [1.54, 1.807) is 18.2 Å². The molecule has 1 rings (SSSR count). The molecule has 0 aliphatic carbocycles. The molecule has 0 saturated heterocycles. The fraction of sp³-hybridized carbons (Fsp3) is 0.571. The number of hydrogen-bond acceptors (Lipinski definition) is 5. The predicted octanol–water partition coefficient (Wildman–Crippen LogP) is 1.21. The van der Waals surface area contributed by atoms with Gasteiger partial charge in [-0.25, -0.2) is 13.1 Å². The smallest absolute Gasteiger partial charge is 0.209 e. The lowest BCUT2D eigenvalue weighted by Gasteiger charge is -2.25. The zero-order valence-corrected chi connectivity index (χ0v) is 13.8. The Morgan fingerprint density at radius 1 is 1.33 bits per heavy atom. The van der Waals surface area contributed by atoms with Crippen LogP contribution >= 0.6 is 0 Å². The van der Waals surface area contributed by atoms with E-state index in [-0.39, 0.29) is 5.75 Å². The van der Waals surface area contributed by atoms with Gasteiger partial charge in [0.1, 0.15) is 0 Å². The van der Waals surface area contributed by atoms with Crippen LogP contribution in [0.2, 0.25) is 0 Å². The van der Waals surface area contributed by atoms with Gasteiger partial charge in [-0.15, -0.1) is 0 Å². The van der Waals surface area contributed by atoms with Crippen LogP contribution in [0, 0.1) is 0 Å². The molecule has 1 aromatic rings. The van der Waals surface area contributed by atoms with Crippen molar-refractivity contribution < 1.29 is 18.3 Å². The number of ether oxygens (including phenoxy) is 1. The van der Waals surface area contributed by atoms with E-state index in [1.165, 1.54) is 0 Å². The molecular weight excluding hydrogens is 292 g/mol. The molecule has 0 unspecified atom stereocenters. The van der Waals surface area contributed by atoms with E-state index < -0.39 is 15.6 Å². The monoisotopic (exact) mass is 316 g/mol. The lowest BCUT2D eigenvalue weighted by molar-refractivity contribution is 0.317. The first-order valence-electron chi connectivity index (χ1n) is 6.77. The highest BCUT2D eigenvalue weighted by molar-refractivity contribution is 7.88. The second kappa shape index (κ2) is 7.11. The van der Waals surface area contributed by atoms with Gasteiger partial charge in [0.15, 0.2) is 11.5 Å². The number of phenolic OH excluding ortho intramolecular Hbond substituents is 1. The van der Waals surface area contributed by atoms with Crippen LogP contribution in [-0.4, -0.2) is 38.5 Å². The van der Waals surface area contributed by atoms with E-state index >= 15 is 0 Å². The second-order valence-electron chi connectivity index (χ2n) is 5.60. The van der Waals surface area contributed by atoms with Crippen molar-refractivity contribution >= 4 is 10.0 Å². The first-order valence-corrected chi connectivity index (χ1v) is 8.66. The van der Waals surface area contributed by atoms with E-state index in [0.717, 1.165) is 11.8 Å². The van der Waals surface area contributed by atoms with Crippen molar-refractivity contribution in [2.45, 2.75) is 32.9 Å². The van der Waals surface area contributed by atoms with Crippen LogP contribution in [-0.2, 0) is 16.6 Å². The Hall–Kier alpha value is -1.31. The summed E-state index contributed by atoms with van der Waals surface area (Å²) in [4.78, 5) is 0. The summed E-state index contributed by atoms with van der Waals surface area (Å²) in [6.07, 6.45) is 1.14. The molecule has 0 aliphatic heterocycles. The van der Waals surface area contributed by atoms with Crippen LogP contribution in [0.3, 0.4) is 0 Å². The summed E-state index contributed by atoms with van der Waals surface area (Å²) >= 11 is 0. The summed E-state index contributed by atoms with van der Waals surface area (Å²) in [5.74, 6) is 0.560. The summed E-state index contributed by atoms with van der Waals surface area (Å²) in [5.41, 5.74) is 0.374. The zero-order chi connectivity index (χ0) is 16.1. The number of hydrogen-bond donors (Lipinski definition) is 3. The highest BCUT2D eigenvalue weighted by atomic mass is 32.2. The van der Waals surface area contributed by atoms with Crippen molar-refractivity contribution in [3.8, 4) is 11.5 Å². The van der Waals surface area contributed by atoms with Crippen LogP contribution in [0.1, 0.15) is 26.3 Å². The Kier molecular flexibility index (Phi) is 6.00. The van der Waals surface area contributed by atoms with Crippen molar-refractivity contribution in [2.24, 2.45) is 0 Å². The molecule has 0 bridgehead atoms. The van der Waals surface area contributed by atoms with Crippen molar-refractivity contribution in [2.75, 3.05) is 19.4 Å². The van der Waals surface area contributed by atoms with Gasteiger partial charge in [0.2, 0.25) is 10.0 Å². The Morgan fingerprint density at radius 2 is 2.00 bits per heavy atom. The normalized spacial score (nSPS) is 12.4. The first kappa shape index (κ1) is 17.7. The number of sulfonamides is 1. The molecule has 0 fully saturated rings. The van der Waals surface area contributed by atoms with Crippen LogP contribution in [0.5, 0.6) is 11.5 Å². The van der Waals surface area contributed by atoms with Crippen LogP contribution in [0.4, 0.5) is 0 Å². The maximum atomic E-state index is 11.3. The fourth-order valence-corrected chi connectivity index (χ4v) is 3.07. The molecule has 6 nitrogen and oxygen atoms in total. The van der Waals surface area contributed by atoms with Gasteiger partial charge in [0, 0.05) is 18.6 Å². The predicted molar refractivity (Wildman–Crippen MR) is 83.0 cm³/mol. The highest BCUT2D eigenvalue weighted by Crippen LogP contribution is 2.26. The van der Waals surface area contributed by atoms with Gasteiger partial charge in [-0.2, -0.15) is 0 Å². The van der Waals surface area contributed by atoms with E-state index in [0.29, 0.717) is 25.4 Å². The molecule has 0 radical (unpaired) electrons. The van der Waals surface area contributed by atoms with Gasteiger partial charge < -0.3 is 15.2 Å². The molecule has 0 heterocycles.